The second-order valence-corrected chi connectivity index (χ2v) is 19.2. The zero-order valence-electron chi connectivity index (χ0n) is 39.8. The Bertz CT molecular complexity index is 3330. The maximum atomic E-state index is 13.7. The lowest BCUT2D eigenvalue weighted by Gasteiger charge is -2.36. The van der Waals surface area contributed by atoms with Gasteiger partial charge in [-0.15, -0.1) is 11.3 Å². The van der Waals surface area contributed by atoms with Crippen molar-refractivity contribution in [3.63, 3.8) is 0 Å². The Labute approximate surface area is 416 Å². The number of rotatable bonds is 15. The normalized spacial score (nSPS) is 13.0. The SMILES string of the molecule is C=c1c(C)c(O)c(=C)c(C(C)(C)CC(=O)N(C)CCN(CCCC(=O)NCCNC(=O)c2ccc3c(c2)C(=O)OC32c3ccc(O)cc3Oc3cc(O)ccc32)C(=O)Oc2ccc3nc(C#N)sc3c2)c1O. The molecule has 0 bridgehead atoms. The Morgan fingerprint density at radius 3 is 2.21 bits per heavy atom. The van der Waals surface area contributed by atoms with Gasteiger partial charge in [0.1, 0.15) is 46.3 Å². The molecule has 0 unspecified atom stereocenters. The van der Waals surface area contributed by atoms with E-state index in [1.807, 2.05) is 6.07 Å². The number of ether oxygens (including phenoxy) is 3. The largest absolute Gasteiger partial charge is 0.508 e. The molecule has 0 fully saturated rings. The average Bonchev–Trinajstić information content (AvgIpc) is 3.89. The smallest absolute Gasteiger partial charge is 0.415 e. The summed E-state index contributed by atoms with van der Waals surface area (Å²) in [5, 5.41) is 57.5. The number of nitrogens with zero attached hydrogens (tertiary/aromatic N) is 4. The van der Waals surface area contributed by atoms with Crippen LogP contribution < -0.4 is 30.5 Å². The van der Waals surface area contributed by atoms with Gasteiger partial charge < -0.3 is 55.1 Å². The number of nitriles is 1. The third kappa shape index (κ3) is 9.51. The fourth-order valence-electron chi connectivity index (χ4n) is 9.01. The maximum absolute atomic E-state index is 13.7. The molecule has 19 heteroatoms. The number of hydrogen-bond donors (Lipinski definition) is 6. The van der Waals surface area contributed by atoms with Crippen molar-refractivity contribution < 1.29 is 58.6 Å². The highest BCUT2D eigenvalue weighted by molar-refractivity contribution is 7.19. The van der Waals surface area contributed by atoms with E-state index in [-0.39, 0.29) is 131 Å². The van der Waals surface area contributed by atoms with Gasteiger partial charge in [0.25, 0.3) is 5.91 Å². The van der Waals surface area contributed by atoms with E-state index in [2.05, 4.69) is 28.8 Å². The van der Waals surface area contributed by atoms with Crippen LogP contribution in [0.15, 0.2) is 72.8 Å². The molecule has 0 saturated carbocycles. The van der Waals surface area contributed by atoms with Gasteiger partial charge in [0.15, 0.2) is 10.6 Å². The summed E-state index contributed by atoms with van der Waals surface area (Å²) in [6.45, 7) is 13.2. The number of thiazole rings is 1. The van der Waals surface area contributed by atoms with E-state index in [4.69, 9.17) is 14.2 Å². The Hall–Kier alpha value is -8.63. The van der Waals surface area contributed by atoms with E-state index < -0.39 is 29.0 Å². The van der Waals surface area contributed by atoms with Crippen LogP contribution >= 0.6 is 11.3 Å². The molecule has 6 aromatic rings. The van der Waals surface area contributed by atoms with Crippen molar-refractivity contribution in [2.75, 3.05) is 39.8 Å². The zero-order valence-corrected chi connectivity index (χ0v) is 40.6. The molecule has 4 amide bonds. The van der Waals surface area contributed by atoms with Crippen molar-refractivity contribution in [2.45, 2.75) is 51.0 Å². The Morgan fingerprint density at radius 1 is 0.861 bits per heavy atom. The van der Waals surface area contributed by atoms with Gasteiger partial charge in [-0.05, 0) is 61.9 Å². The Morgan fingerprint density at radius 2 is 1.53 bits per heavy atom. The lowest BCUT2D eigenvalue weighted by atomic mass is 9.77. The molecule has 1 aromatic heterocycles. The summed E-state index contributed by atoms with van der Waals surface area (Å²) in [7, 11) is 1.57. The van der Waals surface area contributed by atoms with Crippen LogP contribution in [0.1, 0.15) is 86.7 Å². The van der Waals surface area contributed by atoms with Crippen LogP contribution in [0.25, 0.3) is 23.4 Å². The number of phenolic OH excluding ortho intramolecular Hbond substituents is 4. The van der Waals surface area contributed by atoms with Gasteiger partial charge >= 0.3 is 12.1 Å². The molecule has 18 nitrogen and oxygen atoms in total. The van der Waals surface area contributed by atoms with E-state index in [0.29, 0.717) is 38.0 Å². The van der Waals surface area contributed by atoms with Crippen LogP contribution in [0.4, 0.5) is 4.79 Å². The zero-order chi connectivity index (χ0) is 51.8. The number of carbonyl (C=O) groups is 5. The van der Waals surface area contributed by atoms with Crippen molar-refractivity contribution in [2.24, 2.45) is 0 Å². The minimum absolute atomic E-state index is 0.00971. The fourth-order valence-corrected chi connectivity index (χ4v) is 9.80. The molecule has 8 rings (SSSR count). The van der Waals surface area contributed by atoms with Crippen LogP contribution in [0, 0.1) is 18.3 Å². The number of likely N-dealkylation sites (N-methyl/N-ethyl adjacent to an activating group) is 1. The minimum Gasteiger partial charge on any atom is -0.508 e. The van der Waals surface area contributed by atoms with Gasteiger partial charge in [0.05, 0.1) is 15.8 Å². The summed E-state index contributed by atoms with van der Waals surface area (Å²) in [6, 6.07) is 20.2. The highest BCUT2D eigenvalue weighted by Gasteiger charge is 2.54. The van der Waals surface area contributed by atoms with E-state index in [9.17, 15) is 49.7 Å². The third-order valence-corrected chi connectivity index (χ3v) is 13.8. The van der Waals surface area contributed by atoms with Crippen LogP contribution in [-0.2, 0) is 25.3 Å². The molecule has 0 atom stereocenters. The first kappa shape index (κ1) is 49.8. The van der Waals surface area contributed by atoms with Gasteiger partial charge in [0, 0.05) is 120 Å². The third-order valence-electron chi connectivity index (χ3n) is 12.8. The quantitative estimate of drug-likeness (QED) is 0.0414. The molecule has 2 aliphatic heterocycles. The predicted octanol–water partition coefficient (Wildman–Crippen LogP) is 5.64. The van der Waals surface area contributed by atoms with E-state index in [1.165, 1.54) is 40.1 Å². The molecule has 0 radical (unpaired) electrons. The fraction of sp³-hybridized carbons (Fsp3) is 0.264. The number of aromatic hydroxyl groups is 4. The maximum Gasteiger partial charge on any atom is 0.415 e. The summed E-state index contributed by atoms with van der Waals surface area (Å²) in [6.07, 6.45) is -0.643. The molecule has 0 aliphatic carbocycles. The predicted molar refractivity (Wildman–Crippen MR) is 265 cm³/mol. The first-order chi connectivity index (χ1) is 34.2. The number of nitrogens with one attached hydrogen (secondary N) is 2. The first-order valence-corrected chi connectivity index (χ1v) is 23.6. The molecule has 5 aromatic carbocycles. The molecular formula is C53H50N6O12S. The van der Waals surface area contributed by atoms with Crippen molar-refractivity contribution in [1.82, 2.24) is 25.4 Å². The van der Waals surface area contributed by atoms with Crippen LogP contribution in [0.2, 0.25) is 0 Å². The second-order valence-electron chi connectivity index (χ2n) is 18.1. The first-order valence-electron chi connectivity index (χ1n) is 22.7. The second kappa shape index (κ2) is 19.6. The molecule has 370 valence electrons. The van der Waals surface area contributed by atoms with Crippen molar-refractivity contribution in [1.29, 1.82) is 5.26 Å². The summed E-state index contributed by atoms with van der Waals surface area (Å²) in [4.78, 5) is 74.2. The van der Waals surface area contributed by atoms with E-state index in [0.717, 1.165) is 11.3 Å². The molecule has 72 heavy (non-hydrogen) atoms. The van der Waals surface area contributed by atoms with Gasteiger partial charge in [-0.2, -0.15) is 5.26 Å². The molecule has 0 saturated heterocycles. The topological polar surface area (TPSA) is 261 Å². The van der Waals surface area contributed by atoms with Gasteiger partial charge in [0.2, 0.25) is 11.8 Å². The molecule has 1 spiro atoms. The number of esters is 1. The molecule has 6 N–H and O–H groups in total. The highest BCUT2D eigenvalue weighted by Crippen LogP contribution is 2.57. The standard InChI is InChI=1S/C53H50N6O12S/c1-28-29(2)48(65)46(30(3)47(28)64)52(4,5)26-45(63)58(6)20-21-59(51(68)69-34-12-16-39-42(25-34)72-44(27-54)57-39)19-7-8-43(62)55-17-18-56-49(66)31-9-13-36-35(22-31)50(67)71-53(36)37-14-10-32(60)23-40(37)70-41-24-33(61)11-15-38(41)53/h9-16,22-25,60-61,64-65H,2-3,7-8,17-21,26H2,1,4-6H3,(H,55,62)(H,56,66). The summed E-state index contributed by atoms with van der Waals surface area (Å²) in [5.41, 5.74) is 0.386. The number of aromatic nitrogens is 1. The lowest BCUT2D eigenvalue weighted by molar-refractivity contribution is -0.131. The Kier molecular flexibility index (Phi) is 13.6. The number of amides is 4. The van der Waals surface area contributed by atoms with Gasteiger partial charge in [-0.3, -0.25) is 14.4 Å². The van der Waals surface area contributed by atoms with E-state index >= 15 is 0 Å². The molecular weight excluding hydrogens is 945 g/mol. The van der Waals surface area contributed by atoms with Gasteiger partial charge in [-0.1, -0.05) is 33.1 Å². The lowest BCUT2D eigenvalue weighted by Crippen LogP contribution is -2.43. The van der Waals surface area contributed by atoms with Gasteiger partial charge in [-0.25, -0.2) is 14.6 Å². The van der Waals surface area contributed by atoms with E-state index in [1.54, 1.807) is 70.3 Å². The number of carbonyl (C=O) groups excluding carboxylic acids is 5. The Balaban J connectivity index is 0.874. The van der Waals surface area contributed by atoms with Crippen LogP contribution in [0.5, 0.6) is 40.2 Å². The minimum atomic E-state index is -1.49. The summed E-state index contributed by atoms with van der Waals surface area (Å²) < 4.78 is 18.5. The average molecular weight is 995 g/mol. The van der Waals surface area contributed by atoms with Crippen molar-refractivity contribution in [3.05, 3.63) is 127 Å². The van der Waals surface area contributed by atoms with Crippen molar-refractivity contribution in [3.8, 4) is 46.3 Å². The number of phenols is 4. The van der Waals surface area contributed by atoms with Crippen LogP contribution in [0.3, 0.4) is 0 Å². The monoisotopic (exact) mass is 994 g/mol. The highest BCUT2D eigenvalue weighted by atomic mass is 32.1. The number of benzene rings is 5. The number of hydrogen-bond acceptors (Lipinski definition) is 15. The van der Waals surface area contributed by atoms with Crippen LogP contribution in [-0.4, -0.2) is 105 Å². The summed E-state index contributed by atoms with van der Waals surface area (Å²) in [5.74, 6) is -1.69. The molecule has 2 aliphatic rings. The molecule has 3 heterocycles. The summed E-state index contributed by atoms with van der Waals surface area (Å²) >= 11 is 1.14. The van der Waals surface area contributed by atoms with Crippen molar-refractivity contribution >= 4 is 64.5 Å². The number of fused-ring (bicyclic) bond motifs is 7.